The number of hydrogen-bond donors (Lipinski definition) is 3. The molecule has 0 bridgehead atoms. The van der Waals surface area contributed by atoms with Gasteiger partial charge in [-0.05, 0) is 6.42 Å². The summed E-state index contributed by atoms with van der Waals surface area (Å²) in [6.07, 6.45) is 1.37. The maximum absolute atomic E-state index is 11.4. The number of aromatic nitrogens is 2. The maximum Gasteiger partial charge on any atom is 0.227 e. The van der Waals surface area contributed by atoms with Gasteiger partial charge >= 0.3 is 0 Å². The van der Waals surface area contributed by atoms with Crippen LogP contribution < -0.4 is 5.32 Å². The second kappa shape index (κ2) is 7.78. The monoisotopic (exact) mass is 257 g/mol. The zero-order chi connectivity index (χ0) is 13.4. The molecule has 1 heterocycles. The van der Waals surface area contributed by atoms with Gasteiger partial charge in [-0.2, -0.15) is 4.98 Å². The first kappa shape index (κ1) is 14.6. The van der Waals surface area contributed by atoms with E-state index in [1.165, 1.54) is 0 Å². The molecule has 0 saturated carbocycles. The minimum Gasteiger partial charge on any atom is -0.394 e. The highest BCUT2D eigenvalue weighted by molar-refractivity contribution is 5.76. The highest BCUT2D eigenvalue weighted by Crippen LogP contribution is 2.02. The molecule has 0 aliphatic carbocycles. The van der Waals surface area contributed by atoms with Crippen LogP contribution in [0, 0.1) is 0 Å². The van der Waals surface area contributed by atoms with Crippen LogP contribution in [0.1, 0.15) is 31.5 Å². The Bertz CT molecular complexity index is 367. The zero-order valence-corrected chi connectivity index (χ0v) is 10.4. The molecule has 7 heteroatoms. The van der Waals surface area contributed by atoms with Crippen molar-refractivity contribution in [2.24, 2.45) is 0 Å². The molecule has 0 radical (unpaired) electrons. The Labute approximate surface area is 105 Å². The van der Waals surface area contributed by atoms with Crippen LogP contribution in [0.4, 0.5) is 0 Å². The van der Waals surface area contributed by atoms with Crippen molar-refractivity contribution < 1.29 is 19.5 Å². The fourth-order valence-electron chi connectivity index (χ4n) is 1.32. The average Bonchev–Trinajstić information content (AvgIpc) is 2.81. The molecule has 0 aromatic carbocycles. The van der Waals surface area contributed by atoms with E-state index >= 15 is 0 Å². The second-order valence-electron chi connectivity index (χ2n) is 3.99. The quantitative estimate of drug-likeness (QED) is 0.575. The number of aliphatic hydroxyl groups is 2. The molecule has 1 aromatic rings. The Morgan fingerprint density at radius 1 is 1.50 bits per heavy atom. The van der Waals surface area contributed by atoms with Gasteiger partial charge in [0.05, 0.1) is 12.7 Å². The van der Waals surface area contributed by atoms with Crippen LogP contribution in [0.25, 0.3) is 0 Å². The number of nitrogens with zero attached hydrogens (tertiary/aromatic N) is 2. The molecule has 0 spiro atoms. The van der Waals surface area contributed by atoms with Crippen molar-refractivity contribution in [3.05, 3.63) is 11.7 Å². The number of rotatable bonds is 8. The molecule has 0 aliphatic rings. The first-order valence-electron chi connectivity index (χ1n) is 6.02. The third-order valence-corrected chi connectivity index (χ3v) is 2.30. The summed E-state index contributed by atoms with van der Waals surface area (Å²) in [5.41, 5.74) is 0. The van der Waals surface area contributed by atoms with E-state index in [0.29, 0.717) is 18.1 Å². The molecule has 3 N–H and O–H groups in total. The lowest BCUT2D eigenvalue weighted by molar-refractivity contribution is -0.121. The van der Waals surface area contributed by atoms with Gasteiger partial charge in [-0.25, -0.2) is 0 Å². The van der Waals surface area contributed by atoms with Crippen molar-refractivity contribution in [1.29, 1.82) is 0 Å². The number of amides is 1. The lowest BCUT2D eigenvalue weighted by atomic mass is 10.3. The van der Waals surface area contributed by atoms with Gasteiger partial charge in [0.15, 0.2) is 5.82 Å². The summed E-state index contributed by atoms with van der Waals surface area (Å²) < 4.78 is 4.98. The zero-order valence-electron chi connectivity index (χ0n) is 10.4. The third kappa shape index (κ3) is 5.24. The maximum atomic E-state index is 11.4. The SMILES string of the molecule is CCCc1noc(CCC(=O)NCC(O)CO)n1. The Balaban J connectivity index is 2.24. The summed E-state index contributed by atoms with van der Waals surface area (Å²) in [5.74, 6) is 0.873. The van der Waals surface area contributed by atoms with Gasteiger partial charge in [-0.15, -0.1) is 0 Å². The van der Waals surface area contributed by atoms with Crippen molar-refractivity contribution in [2.75, 3.05) is 13.2 Å². The molecule has 0 aliphatic heterocycles. The van der Waals surface area contributed by atoms with Crippen LogP contribution in [0.3, 0.4) is 0 Å². The highest BCUT2D eigenvalue weighted by atomic mass is 16.5. The fourth-order valence-corrected chi connectivity index (χ4v) is 1.32. The smallest absolute Gasteiger partial charge is 0.227 e. The number of hydrogen-bond acceptors (Lipinski definition) is 6. The first-order valence-corrected chi connectivity index (χ1v) is 6.02. The van der Waals surface area contributed by atoms with Crippen molar-refractivity contribution in [3.63, 3.8) is 0 Å². The number of carbonyl (C=O) groups excluding carboxylic acids is 1. The van der Waals surface area contributed by atoms with Gasteiger partial charge in [-0.1, -0.05) is 12.1 Å². The number of carbonyl (C=O) groups is 1. The minimum absolute atomic E-state index is 0.0419. The molecular weight excluding hydrogens is 238 g/mol. The molecule has 1 atom stereocenters. The predicted octanol–water partition coefficient (Wildman–Crippen LogP) is -0.576. The van der Waals surface area contributed by atoms with Crippen LogP contribution in [-0.2, 0) is 17.6 Å². The van der Waals surface area contributed by atoms with E-state index in [9.17, 15) is 4.79 Å². The molecule has 1 aromatic heterocycles. The predicted molar refractivity (Wildman–Crippen MR) is 62.7 cm³/mol. The molecule has 18 heavy (non-hydrogen) atoms. The van der Waals surface area contributed by atoms with Crippen LogP contribution in [0.2, 0.25) is 0 Å². The summed E-state index contributed by atoms with van der Waals surface area (Å²) in [5, 5.41) is 23.9. The molecule has 1 amide bonds. The Morgan fingerprint density at radius 2 is 2.28 bits per heavy atom. The van der Waals surface area contributed by atoms with Gasteiger partial charge in [0.2, 0.25) is 11.8 Å². The van der Waals surface area contributed by atoms with Crippen molar-refractivity contribution in [3.8, 4) is 0 Å². The van der Waals surface area contributed by atoms with Gasteiger partial charge in [0.25, 0.3) is 0 Å². The molecule has 1 unspecified atom stereocenters. The highest BCUT2D eigenvalue weighted by Gasteiger charge is 2.09. The number of aliphatic hydroxyl groups excluding tert-OH is 2. The van der Waals surface area contributed by atoms with Crippen LogP contribution in [0.15, 0.2) is 4.52 Å². The molecule has 0 fully saturated rings. The molecule has 102 valence electrons. The summed E-state index contributed by atoms with van der Waals surface area (Å²) in [6.45, 7) is 1.69. The van der Waals surface area contributed by atoms with Gasteiger partial charge in [-0.3, -0.25) is 4.79 Å². The fraction of sp³-hybridized carbons (Fsp3) is 0.727. The summed E-state index contributed by atoms with van der Waals surface area (Å²) in [7, 11) is 0. The lowest BCUT2D eigenvalue weighted by Gasteiger charge is -2.07. The average molecular weight is 257 g/mol. The van der Waals surface area contributed by atoms with E-state index in [-0.39, 0.29) is 25.5 Å². The van der Waals surface area contributed by atoms with E-state index in [2.05, 4.69) is 15.5 Å². The van der Waals surface area contributed by atoms with E-state index in [1.54, 1.807) is 0 Å². The van der Waals surface area contributed by atoms with Crippen LogP contribution >= 0.6 is 0 Å². The Hall–Kier alpha value is -1.47. The minimum atomic E-state index is -0.923. The van der Waals surface area contributed by atoms with Crippen molar-refractivity contribution in [2.45, 2.75) is 38.7 Å². The molecular formula is C11H19N3O4. The van der Waals surface area contributed by atoms with Gasteiger partial charge in [0, 0.05) is 25.8 Å². The van der Waals surface area contributed by atoms with Gasteiger partial charge in [0.1, 0.15) is 0 Å². The number of aryl methyl sites for hydroxylation is 2. The van der Waals surface area contributed by atoms with Gasteiger partial charge < -0.3 is 20.1 Å². The third-order valence-electron chi connectivity index (χ3n) is 2.30. The number of nitrogens with one attached hydrogen (secondary N) is 1. The van der Waals surface area contributed by atoms with E-state index in [4.69, 9.17) is 14.7 Å². The van der Waals surface area contributed by atoms with E-state index < -0.39 is 6.10 Å². The molecule has 7 nitrogen and oxygen atoms in total. The largest absolute Gasteiger partial charge is 0.394 e. The topological polar surface area (TPSA) is 108 Å². The lowest BCUT2D eigenvalue weighted by Crippen LogP contribution is -2.33. The first-order chi connectivity index (χ1) is 8.65. The Morgan fingerprint density at radius 3 is 2.94 bits per heavy atom. The summed E-state index contributed by atoms with van der Waals surface area (Å²) >= 11 is 0. The van der Waals surface area contributed by atoms with Crippen molar-refractivity contribution in [1.82, 2.24) is 15.5 Å². The molecule has 0 saturated heterocycles. The van der Waals surface area contributed by atoms with Crippen LogP contribution in [0.5, 0.6) is 0 Å². The van der Waals surface area contributed by atoms with Crippen LogP contribution in [-0.4, -0.2) is 45.5 Å². The van der Waals surface area contributed by atoms with E-state index in [0.717, 1.165) is 12.8 Å². The molecule has 1 rings (SSSR count). The van der Waals surface area contributed by atoms with Crippen molar-refractivity contribution >= 4 is 5.91 Å². The standard InChI is InChI=1S/C11H19N3O4/c1-2-3-9-13-11(18-14-9)5-4-10(17)12-6-8(16)7-15/h8,15-16H,2-7H2,1H3,(H,12,17). The van der Waals surface area contributed by atoms with E-state index in [1.807, 2.05) is 6.92 Å². The summed E-state index contributed by atoms with van der Waals surface area (Å²) in [6, 6.07) is 0. The summed E-state index contributed by atoms with van der Waals surface area (Å²) in [4.78, 5) is 15.5. The second-order valence-corrected chi connectivity index (χ2v) is 3.99. The Kier molecular flexibility index (Phi) is 6.31. The normalized spacial score (nSPS) is 12.4.